The lowest BCUT2D eigenvalue weighted by molar-refractivity contribution is -0.141. The summed E-state index contributed by atoms with van der Waals surface area (Å²) in [6.45, 7) is 0. The Hall–Kier alpha value is -0.820. The molecule has 0 radical (unpaired) electrons. The molecule has 0 N–H and O–H groups in total. The zero-order valence-electron chi connectivity index (χ0n) is 7.83. The van der Waals surface area contributed by atoms with E-state index in [9.17, 15) is 21.6 Å². The van der Waals surface area contributed by atoms with Crippen molar-refractivity contribution >= 4 is 19.7 Å². The first-order chi connectivity index (χ1) is 7.20. The summed E-state index contributed by atoms with van der Waals surface area (Å²) >= 11 is 0. The third-order valence-electron chi connectivity index (χ3n) is 1.78. The Morgan fingerprint density at radius 1 is 1.38 bits per heavy atom. The second-order valence-corrected chi connectivity index (χ2v) is 5.90. The molecule has 0 saturated carbocycles. The smallest absolute Gasteiger partial charge is 0.252 e. The Morgan fingerprint density at radius 3 is 2.50 bits per heavy atom. The first-order valence-corrected chi connectivity index (χ1v) is 6.61. The molecule has 90 valence electrons. The van der Waals surface area contributed by atoms with Gasteiger partial charge in [0.2, 0.25) is 9.05 Å². The van der Waals surface area contributed by atoms with Crippen LogP contribution in [0.3, 0.4) is 0 Å². The van der Waals surface area contributed by atoms with Crippen LogP contribution in [0.15, 0.2) is 18.3 Å². The highest BCUT2D eigenvalue weighted by atomic mass is 35.7. The molecule has 0 spiro atoms. The Labute approximate surface area is 94.7 Å². The van der Waals surface area contributed by atoms with Crippen molar-refractivity contribution in [2.24, 2.45) is 0 Å². The molecule has 16 heavy (non-hydrogen) atoms. The van der Waals surface area contributed by atoms with Gasteiger partial charge in [-0.15, -0.1) is 0 Å². The predicted molar refractivity (Wildman–Crippen MR) is 52.6 cm³/mol. The van der Waals surface area contributed by atoms with E-state index in [0.717, 1.165) is 6.20 Å². The summed E-state index contributed by atoms with van der Waals surface area (Å²) in [5.74, 6) is -0.552. The Morgan fingerprint density at radius 2 is 2.00 bits per heavy atom. The van der Waals surface area contributed by atoms with Gasteiger partial charge in [0.25, 0.3) is 0 Å². The molecule has 0 aromatic carbocycles. The van der Waals surface area contributed by atoms with Gasteiger partial charge in [-0.25, -0.2) is 8.42 Å². The maximum atomic E-state index is 12.4. The van der Waals surface area contributed by atoms with Gasteiger partial charge in [0.05, 0.1) is 5.75 Å². The van der Waals surface area contributed by atoms with Gasteiger partial charge in [-0.05, 0) is 18.1 Å². The molecule has 3 nitrogen and oxygen atoms in total. The molecule has 8 heteroatoms. The Balaban J connectivity index is 2.97. The number of rotatable bonds is 3. The van der Waals surface area contributed by atoms with Gasteiger partial charge in [-0.2, -0.15) is 13.2 Å². The van der Waals surface area contributed by atoms with Crippen LogP contribution < -0.4 is 0 Å². The molecule has 1 aromatic heterocycles. The number of hydrogen-bond acceptors (Lipinski definition) is 3. The first-order valence-electron chi connectivity index (χ1n) is 4.13. The third-order valence-corrected chi connectivity index (χ3v) is 2.93. The van der Waals surface area contributed by atoms with E-state index in [1.54, 1.807) is 0 Å². The maximum absolute atomic E-state index is 12.4. The van der Waals surface area contributed by atoms with Crippen molar-refractivity contribution in [1.29, 1.82) is 0 Å². The number of hydrogen-bond donors (Lipinski definition) is 0. The van der Waals surface area contributed by atoms with Crippen LogP contribution in [0.5, 0.6) is 0 Å². The quantitative estimate of drug-likeness (QED) is 0.793. The monoisotopic (exact) mass is 273 g/mol. The fourth-order valence-electron chi connectivity index (χ4n) is 1.13. The zero-order valence-corrected chi connectivity index (χ0v) is 9.40. The molecule has 0 saturated heterocycles. The van der Waals surface area contributed by atoms with Crippen molar-refractivity contribution in [1.82, 2.24) is 4.98 Å². The van der Waals surface area contributed by atoms with Gasteiger partial charge in [0.1, 0.15) is 5.69 Å². The van der Waals surface area contributed by atoms with Crippen molar-refractivity contribution < 1.29 is 21.6 Å². The van der Waals surface area contributed by atoms with Crippen molar-refractivity contribution in [2.45, 2.75) is 12.6 Å². The van der Waals surface area contributed by atoms with Gasteiger partial charge in [-0.3, -0.25) is 4.98 Å². The van der Waals surface area contributed by atoms with E-state index in [-0.39, 0.29) is 12.0 Å². The largest absolute Gasteiger partial charge is 0.433 e. The highest BCUT2D eigenvalue weighted by Crippen LogP contribution is 2.30. The van der Waals surface area contributed by atoms with Crippen LogP contribution in [0.1, 0.15) is 11.3 Å². The van der Waals surface area contributed by atoms with E-state index >= 15 is 0 Å². The molecule has 0 amide bonds. The summed E-state index contributed by atoms with van der Waals surface area (Å²) in [5, 5.41) is 0. The third kappa shape index (κ3) is 3.97. The maximum Gasteiger partial charge on any atom is 0.433 e. The molecule has 0 unspecified atom stereocenters. The minimum Gasteiger partial charge on any atom is -0.252 e. The van der Waals surface area contributed by atoms with E-state index < -0.39 is 26.7 Å². The summed E-state index contributed by atoms with van der Waals surface area (Å²) in [4.78, 5) is 3.19. The fraction of sp³-hybridized carbons (Fsp3) is 0.375. The number of aryl methyl sites for hydroxylation is 1. The molecule has 0 atom stereocenters. The number of pyridine rings is 1. The van der Waals surface area contributed by atoms with E-state index in [1.165, 1.54) is 12.1 Å². The lowest BCUT2D eigenvalue weighted by Gasteiger charge is -2.10. The summed E-state index contributed by atoms with van der Waals surface area (Å²) in [7, 11) is 1.11. The van der Waals surface area contributed by atoms with E-state index in [4.69, 9.17) is 10.7 Å². The van der Waals surface area contributed by atoms with Gasteiger partial charge in [-0.1, -0.05) is 6.07 Å². The molecule has 1 rings (SSSR count). The minimum absolute atomic E-state index is 0.181. The van der Waals surface area contributed by atoms with Crippen LogP contribution in [-0.4, -0.2) is 19.2 Å². The van der Waals surface area contributed by atoms with E-state index in [1.807, 2.05) is 0 Å². The number of alkyl halides is 3. The molecule has 0 aliphatic rings. The van der Waals surface area contributed by atoms with Crippen molar-refractivity contribution in [3.63, 3.8) is 0 Å². The minimum atomic E-state index is -4.59. The number of nitrogens with zero attached hydrogens (tertiary/aromatic N) is 1. The van der Waals surface area contributed by atoms with Crippen molar-refractivity contribution in [3.05, 3.63) is 29.6 Å². The van der Waals surface area contributed by atoms with Gasteiger partial charge in [0, 0.05) is 16.9 Å². The average molecular weight is 274 g/mol. The Bertz CT molecular complexity index is 472. The zero-order chi connectivity index (χ0) is 12.4. The molecule has 0 bridgehead atoms. The standard InChI is InChI=1S/C8H7ClF3NO2S/c9-16(14,15)5-3-6-2-1-4-13-7(6)8(10,11)12/h1-2,4H,3,5H2. The molecule has 0 aliphatic carbocycles. The summed E-state index contributed by atoms with van der Waals surface area (Å²) in [6.07, 6.45) is -3.90. The summed E-state index contributed by atoms with van der Waals surface area (Å²) in [6, 6.07) is 2.49. The molecular weight excluding hydrogens is 267 g/mol. The normalized spacial score (nSPS) is 12.8. The van der Waals surface area contributed by atoms with Gasteiger partial charge >= 0.3 is 6.18 Å². The second kappa shape index (κ2) is 4.58. The first kappa shape index (κ1) is 13.2. The highest BCUT2D eigenvalue weighted by molar-refractivity contribution is 8.13. The van der Waals surface area contributed by atoms with Crippen molar-refractivity contribution in [2.75, 3.05) is 5.75 Å². The summed E-state index contributed by atoms with van der Waals surface area (Å²) in [5.41, 5.74) is -1.26. The highest BCUT2D eigenvalue weighted by Gasteiger charge is 2.34. The average Bonchev–Trinajstić information content (AvgIpc) is 2.12. The number of aromatic nitrogens is 1. The van der Waals surface area contributed by atoms with Crippen LogP contribution in [0.2, 0.25) is 0 Å². The SMILES string of the molecule is O=S(=O)(Cl)CCc1cccnc1C(F)(F)F. The van der Waals surface area contributed by atoms with Crippen LogP contribution in [0, 0.1) is 0 Å². The molecule has 0 aliphatic heterocycles. The van der Waals surface area contributed by atoms with Crippen molar-refractivity contribution in [3.8, 4) is 0 Å². The Kier molecular flexibility index (Phi) is 3.80. The summed E-state index contributed by atoms with van der Waals surface area (Å²) < 4.78 is 58.5. The number of halogens is 4. The topological polar surface area (TPSA) is 47.0 Å². The van der Waals surface area contributed by atoms with Crippen LogP contribution in [-0.2, 0) is 21.6 Å². The molecular formula is C8H7ClF3NO2S. The molecule has 1 aromatic rings. The van der Waals surface area contributed by atoms with Crippen LogP contribution >= 0.6 is 10.7 Å². The fourth-order valence-corrected chi connectivity index (χ4v) is 1.82. The molecule has 1 heterocycles. The predicted octanol–water partition coefficient (Wildman–Crippen LogP) is 2.21. The van der Waals surface area contributed by atoms with E-state index in [0.29, 0.717) is 0 Å². The van der Waals surface area contributed by atoms with Gasteiger partial charge in [0.15, 0.2) is 0 Å². The van der Waals surface area contributed by atoms with Crippen LogP contribution in [0.25, 0.3) is 0 Å². The second-order valence-electron chi connectivity index (χ2n) is 3.00. The molecule has 0 fully saturated rings. The van der Waals surface area contributed by atoms with E-state index in [2.05, 4.69) is 4.98 Å². The lowest BCUT2D eigenvalue weighted by Crippen LogP contribution is -2.13. The lowest BCUT2D eigenvalue weighted by atomic mass is 10.1. The van der Waals surface area contributed by atoms with Gasteiger partial charge < -0.3 is 0 Å². The van der Waals surface area contributed by atoms with Crippen LogP contribution in [0.4, 0.5) is 13.2 Å².